The number of primary amides is 1. The Hall–Kier alpha value is -1.62. The van der Waals surface area contributed by atoms with Crippen molar-refractivity contribution in [2.45, 2.75) is 32.9 Å². The largest absolute Gasteiger partial charge is 0.491 e. The predicted molar refractivity (Wildman–Crippen MR) is 67.9 cm³/mol. The van der Waals surface area contributed by atoms with Crippen LogP contribution in [0.2, 0.25) is 0 Å². The maximum atomic E-state index is 12.9. The van der Waals surface area contributed by atoms with Crippen molar-refractivity contribution in [2.24, 2.45) is 5.73 Å². The van der Waals surface area contributed by atoms with Crippen molar-refractivity contribution in [3.8, 4) is 5.75 Å². The molecule has 0 spiro atoms. The Bertz CT molecular complexity index is 421. The fourth-order valence-corrected chi connectivity index (χ4v) is 1.56. The van der Waals surface area contributed by atoms with Gasteiger partial charge in [0.2, 0.25) is 5.91 Å². The molecule has 1 unspecified atom stereocenters. The van der Waals surface area contributed by atoms with E-state index >= 15 is 0 Å². The van der Waals surface area contributed by atoms with E-state index in [2.05, 4.69) is 5.32 Å². The maximum Gasteiger partial charge on any atom is 0.238 e. The minimum absolute atomic E-state index is 0.125. The third-order valence-electron chi connectivity index (χ3n) is 2.42. The zero-order chi connectivity index (χ0) is 13.7. The third-order valence-corrected chi connectivity index (χ3v) is 2.42. The van der Waals surface area contributed by atoms with Gasteiger partial charge in [-0.05, 0) is 30.7 Å². The number of ether oxygens (including phenoxy) is 1. The number of rotatable bonds is 6. The topological polar surface area (TPSA) is 64.3 Å². The highest BCUT2D eigenvalue weighted by molar-refractivity contribution is 5.80. The second-order valence-electron chi connectivity index (χ2n) is 4.50. The second-order valence-corrected chi connectivity index (χ2v) is 4.50. The summed E-state index contributed by atoms with van der Waals surface area (Å²) in [5, 5.41) is 3.01. The van der Waals surface area contributed by atoms with Crippen molar-refractivity contribution >= 4 is 5.91 Å². The molecular weight excluding hydrogens is 235 g/mol. The van der Waals surface area contributed by atoms with Gasteiger partial charge in [0.15, 0.2) is 0 Å². The first-order valence-corrected chi connectivity index (χ1v) is 5.84. The summed E-state index contributed by atoms with van der Waals surface area (Å²) < 4.78 is 18.4. The van der Waals surface area contributed by atoms with Crippen LogP contribution in [-0.2, 0) is 4.79 Å². The molecule has 0 radical (unpaired) electrons. The van der Waals surface area contributed by atoms with E-state index < -0.39 is 11.9 Å². The van der Waals surface area contributed by atoms with Gasteiger partial charge in [-0.25, -0.2) is 4.39 Å². The molecule has 0 aliphatic heterocycles. The van der Waals surface area contributed by atoms with Crippen LogP contribution in [0.15, 0.2) is 18.2 Å². The molecule has 18 heavy (non-hydrogen) atoms. The van der Waals surface area contributed by atoms with Crippen LogP contribution in [0.3, 0.4) is 0 Å². The molecule has 0 fully saturated rings. The summed E-state index contributed by atoms with van der Waals surface area (Å²) in [5.41, 5.74) is 5.95. The van der Waals surface area contributed by atoms with Crippen molar-refractivity contribution in [3.63, 3.8) is 0 Å². The van der Waals surface area contributed by atoms with Gasteiger partial charge in [0, 0.05) is 6.04 Å². The molecule has 4 nitrogen and oxygen atoms in total. The number of benzene rings is 1. The van der Waals surface area contributed by atoms with E-state index in [1.807, 2.05) is 13.8 Å². The Morgan fingerprint density at radius 2 is 2.17 bits per heavy atom. The minimum atomic E-state index is -0.561. The fourth-order valence-electron chi connectivity index (χ4n) is 1.56. The highest BCUT2D eigenvalue weighted by Crippen LogP contribution is 2.18. The summed E-state index contributed by atoms with van der Waals surface area (Å²) in [6.07, 6.45) is 0. The number of hydrogen-bond acceptors (Lipinski definition) is 3. The van der Waals surface area contributed by atoms with E-state index in [9.17, 15) is 9.18 Å². The molecule has 0 bridgehead atoms. The molecule has 1 amide bonds. The number of carbonyl (C=O) groups is 1. The summed E-state index contributed by atoms with van der Waals surface area (Å²) in [6, 6.07) is 3.80. The standard InChI is InChI=1S/C13H19FN2O2/c1-8(2)16-11(13(15)17)7-18-12-5-4-10(14)6-9(12)3/h4-6,8,11,16H,7H2,1-3H3,(H2,15,17). The van der Waals surface area contributed by atoms with Gasteiger partial charge in [-0.1, -0.05) is 13.8 Å². The number of nitrogens with two attached hydrogens (primary N) is 1. The Morgan fingerprint density at radius 3 is 2.67 bits per heavy atom. The van der Waals surface area contributed by atoms with Gasteiger partial charge in [0.05, 0.1) is 0 Å². The van der Waals surface area contributed by atoms with Gasteiger partial charge in [-0.2, -0.15) is 0 Å². The van der Waals surface area contributed by atoms with E-state index in [1.165, 1.54) is 18.2 Å². The maximum absolute atomic E-state index is 12.9. The number of nitrogens with one attached hydrogen (secondary N) is 1. The molecule has 0 saturated carbocycles. The Balaban J connectivity index is 2.64. The molecule has 1 atom stereocenters. The molecule has 100 valence electrons. The van der Waals surface area contributed by atoms with Crippen LogP contribution in [0.5, 0.6) is 5.75 Å². The second kappa shape index (κ2) is 6.35. The van der Waals surface area contributed by atoms with Crippen LogP contribution in [0.25, 0.3) is 0 Å². The van der Waals surface area contributed by atoms with Crippen LogP contribution in [0.4, 0.5) is 4.39 Å². The summed E-state index contributed by atoms with van der Waals surface area (Å²) in [6.45, 7) is 5.70. The molecule has 0 saturated heterocycles. The summed E-state index contributed by atoms with van der Waals surface area (Å²) in [5.74, 6) is -0.233. The summed E-state index contributed by atoms with van der Waals surface area (Å²) in [7, 11) is 0. The molecular formula is C13H19FN2O2. The molecule has 3 N–H and O–H groups in total. The molecule has 1 rings (SSSR count). The van der Waals surface area contributed by atoms with E-state index in [0.717, 1.165) is 0 Å². The lowest BCUT2D eigenvalue weighted by molar-refractivity contribution is -0.120. The molecule has 1 aromatic carbocycles. The quantitative estimate of drug-likeness (QED) is 0.805. The lowest BCUT2D eigenvalue weighted by Crippen LogP contribution is -2.48. The van der Waals surface area contributed by atoms with Crippen LogP contribution >= 0.6 is 0 Å². The van der Waals surface area contributed by atoms with Crippen LogP contribution in [0, 0.1) is 12.7 Å². The van der Waals surface area contributed by atoms with Gasteiger partial charge in [-0.15, -0.1) is 0 Å². The third kappa shape index (κ3) is 4.33. The molecule has 1 aromatic rings. The molecule has 0 heterocycles. The number of halogens is 1. The average molecular weight is 254 g/mol. The zero-order valence-electron chi connectivity index (χ0n) is 10.9. The molecule has 0 aliphatic carbocycles. The van der Waals surface area contributed by atoms with Gasteiger partial charge in [0.25, 0.3) is 0 Å². The zero-order valence-corrected chi connectivity index (χ0v) is 10.9. The predicted octanol–water partition coefficient (Wildman–Crippen LogP) is 1.36. The SMILES string of the molecule is Cc1cc(F)ccc1OCC(NC(C)C)C(N)=O. The minimum Gasteiger partial charge on any atom is -0.491 e. The number of amides is 1. The highest BCUT2D eigenvalue weighted by atomic mass is 19.1. The monoisotopic (exact) mass is 254 g/mol. The average Bonchev–Trinajstić information content (AvgIpc) is 2.25. The van der Waals surface area contributed by atoms with Crippen LogP contribution < -0.4 is 15.8 Å². The lowest BCUT2D eigenvalue weighted by atomic mass is 10.2. The number of aryl methyl sites for hydroxylation is 1. The normalized spacial score (nSPS) is 12.5. The lowest BCUT2D eigenvalue weighted by Gasteiger charge is -2.19. The Labute approximate surface area is 106 Å². The summed E-state index contributed by atoms with van der Waals surface area (Å²) >= 11 is 0. The number of carbonyl (C=O) groups excluding carboxylic acids is 1. The Kier molecular flexibility index (Phi) is 5.09. The van der Waals surface area contributed by atoms with Crippen molar-refractivity contribution in [2.75, 3.05) is 6.61 Å². The Morgan fingerprint density at radius 1 is 1.50 bits per heavy atom. The first-order chi connectivity index (χ1) is 8.40. The van der Waals surface area contributed by atoms with Crippen LogP contribution in [0.1, 0.15) is 19.4 Å². The van der Waals surface area contributed by atoms with Crippen molar-refractivity contribution in [1.29, 1.82) is 0 Å². The van der Waals surface area contributed by atoms with Gasteiger partial charge >= 0.3 is 0 Å². The van der Waals surface area contributed by atoms with E-state index in [-0.39, 0.29) is 18.5 Å². The van der Waals surface area contributed by atoms with E-state index in [4.69, 9.17) is 10.5 Å². The van der Waals surface area contributed by atoms with Gasteiger partial charge in [-0.3, -0.25) is 4.79 Å². The smallest absolute Gasteiger partial charge is 0.238 e. The van der Waals surface area contributed by atoms with Crippen molar-refractivity contribution in [1.82, 2.24) is 5.32 Å². The van der Waals surface area contributed by atoms with Gasteiger partial charge in [0.1, 0.15) is 24.2 Å². The van der Waals surface area contributed by atoms with E-state index in [1.54, 1.807) is 6.92 Å². The van der Waals surface area contributed by atoms with Crippen molar-refractivity contribution < 1.29 is 13.9 Å². The first-order valence-electron chi connectivity index (χ1n) is 5.84. The first kappa shape index (κ1) is 14.4. The van der Waals surface area contributed by atoms with E-state index in [0.29, 0.717) is 11.3 Å². The molecule has 5 heteroatoms. The van der Waals surface area contributed by atoms with Gasteiger partial charge < -0.3 is 15.8 Å². The fraction of sp³-hybridized carbons (Fsp3) is 0.462. The molecule has 0 aromatic heterocycles. The number of hydrogen-bond donors (Lipinski definition) is 2. The highest BCUT2D eigenvalue weighted by Gasteiger charge is 2.17. The molecule has 0 aliphatic rings. The summed E-state index contributed by atoms with van der Waals surface area (Å²) in [4.78, 5) is 11.2. The van der Waals surface area contributed by atoms with Crippen molar-refractivity contribution in [3.05, 3.63) is 29.6 Å². The van der Waals surface area contributed by atoms with Crippen LogP contribution in [-0.4, -0.2) is 24.6 Å².